The Bertz CT molecular complexity index is 320. The van der Waals surface area contributed by atoms with Gasteiger partial charge in [0.15, 0.2) is 0 Å². The number of hydrogen-bond acceptors (Lipinski definition) is 3. The normalized spacial score (nSPS) is 21.1. The summed E-state index contributed by atoms with van der Waals surface area (Å²) in [7, 11) is 0. The maximum Gasteiger partial charge on any atom is 0.0463 e. The third kappa shape index (κ3) is 3.71. The summed E-state index contributed by atoms with van der Waals surface area (Å²) in [5, 5.41) is 1.19. The molecule has 0 aliphatic heterocycles. The van der Waals surface area contributed by atoms with Gasteiger partial charge in [-0.2, -0.15) is 0 Å². The fourth-order valence-corrected chi connectivity index (χ4v) is 4.02. The molecule has 1 aliphatic rings. The first kappa shape index (κ1) is 12.9. The lowest BCUT2D eigenvalue weighted by atomic mass is 10.0. The molecular weight excluding hydrogens is 228 g/mol. The molecule has 1 fully saturated rings. The number of nitrogens with zero attached hydrogens (tertiary/aromatic N) is 1. The molecule has 0 saturated heterocycles. The summed E-state index contributed by atoms with van der Waals surface area (Å²) in [6.07, 6.45) is 10.7. The van der Waals surface area contributed by atoms with E-state index in [9.17, 15) is 0 Å². The highest BCUT2D eigenvalue weighted by Gasteiger charge is 2.23. The van der Waals surface area contributed by atoms with Crippen LogP contribution in [0.2, 0.25) is 0 Å². The Hall–Kier alpha value is -0.540. The molecule has 2 atom stereocenters. The Morgan fingerprint density at radius 2 is 2.12 bits per heavy atom. The van der Waals surface area contributed by atoms with Gasteiger partial charge in [-0.1, -0.05) is 25.3 Å². The Balaban J connectivity index is 2.02. The first-order valence-electron chi connectivity index (χ1n) is 6.58. The van der Waals surface area contributed by atoms with E-state index in [2.05, 4.69) is 29.7 Å². The van der Waals surface area contributed by atoms with Crippen LogP contribution < -0.4 is 5.73 Å². The zero-order valence-corrected chi connectivity index (χ0v) is 11.3. The highest BCUT2D eigenvalue weighted by molar-refractivity contribution is 8.00. The highest BCUT2D eigenvalue weighted by atomic mass is 32.2. The first-order valence-corrected chi connectivity index (χ1v) is 7.52. The largest absolute Gasteiger partial charge is 0.327 e. The predicted octanol–water partition coefficient (Wildman–Crippen LogP) is 3.54. The summed E-state index contributed by atoms with van der Waals surface area (Å²) in [5.74, 6) is 0. The van der Waals surface area contributed by atoms with E-state index in [0.29, 0.717) is 5.25 Å². The van der Waals surface area contributed by atoms with Crippen LogP contribution in [0, 0.1) is 0 Å². The molecular formula is C14H22N2S. The van der Waals surface area contributed by atoms with Gasteiger partial charge >= 0.3 is 0 Å². The van der Waals surface area contributed by atoms with Gasteiger partial charge in [0, 0.05) is 28.9 Å². The molecule has 0 radical (unpaired) electrons. The molecule has 1 heterocycles. The van der Waals surface area contributed by atoms with Crippen LogP contribution in [0.3, 0.4) is 0 Å². The zero-order valence-electron chi connectivity index (χ0n) is 10.5. The Morgan fingerprint density at radius 1 is 1.35 bits per heavy atom. The summed E-state index contributed by atoms with van der Waals surface area (Å²) in [6, 6.07) is 4.34. The Labute approximate surface area is 108 Å². The fourth-order valence-electron chi connectivity index (χ4n) is 2.46. The Morgan fingerprint density at radius 3 is 2.71 bits per heavy atom. The number of thioether (sulfide) groups is 1. The monoisotopic (exact) mass is 250 g/mol. The van der Waals surface area contributed by atoms with E-state index in [0.717, 1.165) is 5.25 Å². The molecule has 2 nitrogen and oxygen atoms in total. The van der Waals surface area contributed by atoms with Gasteiger partial charge < -0.3 is 5.73 Å². The van der Waals surface area contributed by atoms with Crippen LogP contribution in [0.15, 0.2) is 24.5 Å². The standard InChI is InChI=1S/C14H22N2S/c1-11(15)14(12-6-5-9-16-10-12)17-13-7-3-2-4-8-13/h5-6,9-11,13-14H,2-4,7-8,15H2,1H3. The van der Waals surface area contributed by atoms with E-state index in [4.69, 9.17) is 5.73 Å². The number of hydrogen-bond donors (Lipinski definition) is 1. The molecule has 0 amide bonds. The fraction of sp³-hybridized carbons (Fsp3) is 0.643. The van der Waals surface area contributed by atoms with Crippen LogP contribution in [-0.4, -0.2) is 16.3 Å². The SMILES string of the molecule is CC(N)C(SC1CCCCC1)c1cccnc1. The molecule has 1 aliphatic carbocycles. The van der Waals surface area contributed by atoms with E-state index >= 15 is 0 Å². The lowest BCUT2D eigenvalue weighted by Crippen LogP contribution is -2.25. The van der Waals surface area contributed by atoms with Crippen LogP contribution in [0.25, 0.3) is 0 Å². The second kappa shape index (κ2) is 6.41. The van der Waals surface area contributed by atoms with Gasteiger partial charge in [0.05, 0.1) is 0 Å². The van der Waals surface area contributed by atoms with Crippen LogP contribution in [0.5, 0.6) is 0 Å². The van der Waals surface area contributed by atoms with Crippen molar-refractivity contribution in [2.75, 3.05) is 0 Å². The smallest absolute Gasteiger partial charge is 0.0463 e. The van der Waals surface area contributed by atoms with Gasteiger partial charge in [0.2, 0.25) is 0 Å². The number of aromatic nitrogens is 1. The van der Waals surface area contributed by atoms with E-state index in [1.807, 2.05) is 18.5 Å². The predicted molar refractivity (Wildman–Crippen MR) is 75.1 cm³/mol. The van der Waals surface area contributed by atoms with Crippen molar-refractivity contribution >= 4 is 11.8 Å². The van der Waals surface area contributed by atoms with Gasteiger partial charge in [0.1, 0.15) is 0 Å². The van der Waals surface area contributed by atoms with Crippen molar-refractivity contribution in [1.29, 1.82) is 0 Å². The highest BCUT2D eigenvalue weighted by Crippen LogP contribution is 2.39. The average Bonchev–Trinajstić information content (AvgIpc) is 2.38. The summed E-state index contributed by atoms with van der Waals surface area (Å²) in [5.41, 5.74) is 7.41. The third-order valence-corrected chi connectivity index (χ3v) is 5.23. The first-order chi connectivity index (χ1) is 8.27. The summed E-state index contributed by atoms with van der Waals surface area (Å²) in [6.45, 7) is 2.10. The van der Waals surface area contributed by atoms with Crippen molar-refractivity contribution in [3.05, 3.63) is 30.1 Å². The van der Waals surface area contributed by atoms with Crippen molar-refractivity contribution in [2.24, 2.45) is 5.73 Å². The zero-order chi connectivity index (χ0) is 12.1. The van der Waals surface area contributed by atoms with E-state index in [-0.39, 0.29) is 6.04 Å². The maximum atomic E-state index is 6.14. The quantitative estimate of drug-likeness (QED) is 0.888. The second-order valence-corrected chi connectivity index (χ2v) is 6.41. The second-order valence-electron chi connectivity index (χ2n) is 4.96. The van der Waals surface area contributed by atoms with Crippen molar-refractivity contribution < 1.29 is 0 Å². The number of pyridine rings is 1. The van der Waals surface area contributed by atoms with Crippen molar-refractivity contribution in [3.8, 4) is 0 Å². The van der Waals surface area contributed by atoms with Gasteiger partial charge in [0.25, 0.3) is 0 Å². The molecule has 0 aromatic carbocycles. The van der Waals surface area contributed by atoms with Crippen LogP contribution >= 0.6 is 11.8 Å². The van der Waals surface area contributed by atoms with Crippen molar-refractivity contribution in [2.45, 2.75) is 55.6 Å². The van der Waals surface area contributed by atoms with E-state index < -0.39 is 0 Å². The Kier molecular flexibility index (Phi) is 4.86. The lowest BCUT2D eigenvalue weighted by molar-refractivity contribution is 0.513. The van der Waals surface area contributed by atoms with Gasteiger partial charge in [-0.15, -0.1) is 11.8 Å². The molecule has 0 spiro atoms. The summed E-state index contributed by atoms with van der Waals surface area (Å²) < 4.78 is 0. The number of rotatable bonds is 4. The number of nitrogens with two attached hydrogens (primary N) is 1. The molecule has 1 saturated carbocycles. The van der Waals surface area contributed by atoms with E-state index in [1.54, 1.807) is 0 Å². The van der Waals surface area contributed by atoms with Gasteiger partial charge in [-0.05, 0) is 31.4 Å². The minimum Gasteiger partial charge on any atom is -0.327 e. The van der Waals surface area contributed by atoms with Gasteiger partial charge in [-0.3, -0.25) is 4.98 Å². The van der Waals surface area contributed by atoms with Crippen molar-refractivity contribution in [1.82, 2.24) is 4.98 Å². The van der Waals surface area contributed by atoms with Crippen LogP contribution in [0.1, 0.15) is 49.8 Å². The molecule has 1 aromatic heterocycles. The molecule has 3 heteroatoms. The topological polar surface area (TPSA) is 38.9 Å². The van der Waals surface area contributed by atoms with Gasteiger partial charge in [-0.25, -0.2) is 0 Å². The third-order valence-electron chi connectivity index (χ3n) is 3.38. The minimum atomic E-state index is 0.186. The lowest BCUT2D eigenvalue weighted by Gasteiger charge is -2.28. The molecule has 2 unspecified atom stereocenters. The molecule has 0 bridgehead atoms. The minimum absolute atomic E-state index is 0.186. The summed E-state index contributed by atoms with van der Waals surface area (Å²) >= 11 is 2.06. The van der Waals surface area contributed by atoms with Crippen LogP contribution in [0.4, 0.5) is 0 Å². The molecule has 17 heavy (non-hydrogen) atoms. The average molecular weight is 250 g/mol. The molecule has 2 rings (SSSR count). The van der Waals surface area contributed by atoms with Crippen LogP contribution in [-0.2, 0) is 0 Å². The molecule has 2 N–H and O–H groups in total. The maximum absolute atomic E-state index is 6.14. The van der Waals surface area contributed by atoms with Crippen molar-refractivity contribution in [3.63, 3.8) is 0 Å². The summed E-state index contributed by atoms with van der Waals surface area (Å²) in [4.78, 5) is 4.21. The molecule has 94 valence electrons. The molecule has 1 aromatic rings. The van der Waals surface area contributed by atoms with E-state index in [1.165, 1.54) is 37.7 Å².